The highest BCUT2D eigenvalue weighted by Gasteiger charge is 2.37. The van der Waals surface area contributed by atoms with Gasteiger partial charge in [0, 0.05) is 45.3 Å². The molecule has 0 aromatic carbocycles. The zero-order valence-electron chi connectivity index (χ0n) is 13.7. The van der Waals surface area contributed by atoms with Crippen molar-refractivity contribution in [1.82, 2.24) is 15.1 Å². The molecule has 2 N–H and O–H groups in total. The van der Waals surface area contributed by atoms with E-state index in [9.17, 15) is 13.2 Å². The van der Waals surface area contributed by atoms with Crippen LogP contribution in [0.5, 0.6) is 0 Å². The maximum absolute atomic E-state index is 11.7. The Labute approximate surface area is 132 Å². The molecule has 2 aliphatic heterocycles. The molecule has 2 heterocycles. The second-order valence-corrected chi connectivity index (χ2v) is 8.02. The van der Waals surface area contributed by atoms with Gasteiger partial charge in [0.05, 0.1) is 6.26 Å². The fourth-order valence-electron chi connectivity index (χ4n) is 2.21. The Kier molecular flexibility index (Phi) is 6.60. The largest absolute Gasteiger partial charge is 0.444 e. The lowest BCUT2D eigenvalue weighted by Crippen LogP contribution is -2.64. The molecule has 0 unspecified atom stereocenters. The first-order valence-corrected chi connectivity index (χ1v) is 9.16. The third-order valence-corrected chi connectivity index (χ3v) is 3.18. The minimum absolute atomic E-state index is 0.177. The van der Waals surface area contributed by atoms with Crippen LogP contribution in [0.25, 0.3) is 0 Å². The number of ether oxygens (including phenoxy) is 1. The molecule has 22 heavy (non-hydrogen) atoms. The van der Waals surface area contributed by atoms with E-state index in [-0.39, 0.29) is 6.09 Å². The van der Waals surface area contributed by atoms with Gasteiger partial charge in [0.1, 0.15) is 5.60 Å². The molecule has 2 saturated heterocycles. The summed E-state index contributed by atoms with van der Waals surface area (Å²) < 4.78 is 31.2. The molecule has 0 aromatic heterocycles. The quantitative estimate of drug-likeness (QED) is 0.651. The molecule has 2 fully saturated rings. The highest BCUT2D eigenvalue weighted by atomic mass is 32.2. The van der Waals surface area contributed by atoms with E-state index < -0.39 is 15.7 Å². The standard InChI is InChI=1S/C12H23N3O2.CH4O3S/c1-12(2,3)17-11(16)15-8-10(9-15)14-6-4-13-5-7-14;1-5(2,3)4/h10,13H,4-9H2,1-3H3;1H3,(H,2,3,4). The zero-order chi connectivity index (χ0) is 17.0. The fraction of sp³-hybridized carbons (Fsp3) is 0.923. The Bertz CT molecular complexity index is 455. The third kappa shape index (κ3) is 7.92. The van der Waals surface area contributed by atoms with Gasteiger partial charge < -0.3 is 15.0 Å². The predicted octanol–water partition coefficient (Wildman–Crippen LogP) is 0.0149. The van der Waals surface area contributed by atoms with Crippen molar-refractivity contribution < 1.29 is 22.5 Å². The van der Waals surface area contributed by atoms with Crippen LogP contribution in [0.2, 0.25) is 0 Å². The summed E-state index contributed by atoms with van der Waals surface area (Å²) in [7, 11) is -3.67. The summed E-state index contributed by atoms with van der Waals surface area (Å²) in [6.07, 6.45) is 0.538. The topological polar surface area (TPSA) is 99.2 Å². The molecule has 0 atom stereocenters. The number of hydrogen-bond donors (Lipinski definition) is 2. The molecule has 1 amide bonds. The molecule has 130 valence electrons. The van der Waals surface area contributed by atoms with Crippen LogP contribution in [0, 0.1) is 0 Å². The average molecular weight is 337 g/mol. The number of nitrogens with zero attached hydrogens (tertiary/aromatic N) is 2. The lowest BCUT2D eigenvalue weighted by Gasteiger charge is -2.46. The normalized spacial score (nSPS) is 20.7. The van der Waals surface area contributed by atoms with Crippen molar-refractivity contribution in [2.75, 3.05) is 45.5 Å². The number of piperazine rings is 1. The molecule has 0 aromatic rings. The number of hydrogen-bond acceptors (Lipinski definition) is 6. The SMILES string of the molecule is CC(C)(C)OC(=O)N1CC(N2CCNCC2)C1.CS(=O)(=O)O. The van der Waals surface area contributed by atoms with Crippen molar-refractivity contribution in [3.63, 3.8) is 0 Å². The van der Waals surface area contributed by atoms with Gasteiger partial charge in [0.25, 0.3) is 10.1 Å². The van der Waals surface area contributed by atoms with Gasteiger partial charge in [0.2, 0.25) is 0 Å². The molecular weight excluding hydrogens is 310 g/mol. The van der Waals surface area contributed by atoms with Crippen molar-refractivity contribution in [2.24, 2.45) is 0 Å². The zero-order valence-corrected chi connectivity index (χ0v) is 14.5. The van der Waals surface area contributed by atoms with Crippen LogP contribution in [0.3, 0.4) is 0 Å². The number of likely N-dealkylation sites (tertiary alicyclic amines) is 1. The lowest BCUT2D eigenvalue weighted by atomic mass is 10.1. The fourth-order valence-corrected chi connectivity index (χ4v) is 2.21. The maximum Gasteiger partial charge on any atom is 0.410 e. The molecule has 2 rings (SSSR count). The van der Waals surface area contributed by atoms with Crippen molar-refractivity contribution in [1.29, 1.82) is 0 Å². The van der Waals surface area contributed by atoms with Crippen molar-refractivity contribution in [2.45, 2.75) is 32.4 Å². The van der Waals surface area contributed by atoms with Crippen molar-refractivity contribution in [3.8, 4) is 0 Å². The highest BCUT2D eigenvalue weighted by Crippen LogP contribution is 2.19. The second kappa shape index (κ2) is 7.58. The van der Waals surface area contributed by atoms with Crippen LogP contribution < -0.4 is 5.32 Å². The van der Waals surface area contributed by atoms with Crippen LogP contribution in [0.1, 0.15) is 20.8 Å². The Morgan fingerprint density at radius 1 is 1.23 bits per heavy atom. The second-order valence-electron chi connectivity index (χ2n) is 6.56. The van der Waals surface area contributed by atoms with Crippen molar-refractivity contribution >= 4 is 16.2 Å². The summed E-state index contributed by atoms with van der Waals surface area (Å²) in [6.45, 7) is 11.6. The lowest BCUT2D eigenvalue weighted by molar-refractivity contribution is -0.0172. The van der Waals surface area contributed by atoms with Gasteiger partial charge in [-0.25, -0.2) is 4.79 Å². The van der Waals surface area contributed by atoms with Crippen LogP contribution in [0.15, 0.2) is 0 Å². The van der Waals surface area contributed by atoms with E-state index in [1.54, 1.807) is 4.90 Å². The number of carbonyl (C=O) groups excluding carboxylic acids is 1. The van der Waals surface area contributed by atoms with E-state index in [1.165, 1.54) is 0 Å². The highest BCUT2D eigenvalue weighted by molar-refractivity contribution is 7.85. The van der Waals surface area contributed by atoms with Gasteiger partial charge in [-0.05, 0) is 20.8 Å². The van der Waals surface area contributed by atoms with Crippen LogP contribution in [-0.2, 0) is 14.9 Å². The van der Waals surface area contributed by atoms with E-state index in [1.807, 2.05) is 20.8 Å². The van der Waals surface area contributed by atoms with E-state index >= 15 is 0 Å². The molecule has 8 nitrogen and oxygen atoms in total. The molecule has 0 bridgehead atoms. The van der Waals surface area contributed by atoms with E-state index in [2.05, 4.69) is 10.2 Å². The average Bonchev–Trinajstić information content (AvgIpc) is 2.23. The number of nitrogens with one attached hydrogen (secondary N) is 1. The molecule has 0 spiro atoms. The first kappa shape index (κ1) is 19.1. The summed E-state index contributed by atoms with van der Waals surface area (Å²) in [6, 6.07) is 0.532. The van der Waals surface area contributed by atoms with Gasteiger partial charge in [-0.2, -0.15) is 8.42 Å². The molecule has 0 aliphatic carbocycles. The first-order valence-electron chi connectivity index (χ1n) is 7.31. The molecule has 2 aliphatic rings. The summed E-state index contributed by atoms with van der Waals surface area (Å²) in [4.78, 5) is 16.0. The van der Waals surface area contributed by atoms with Crippen molar-refractivity contribution in [3.05, 3.63) is 0 Å². The summed E-state index contributed by atoms with van der Waals surface area (Å²) in [5.74, 6) is 0. The summed E-state index contributed by atoms with van der Waals surface area (Å²) in [5.41, 5.74) is -0.392. The Morgan fingerprint density at radius 3 is 2.09 bits per heavy atom. The first-order chi connectivity index (χ1) is 9.96. The molecule has 0 radical (unpaired) electrons. The van der Waals surface area contributed by atoms with Gasteiger partial charge in [-0.15, -0.1) is 0 Å². The van der Waals surface area contributed by atoms with E-state index in [4.69, 9.17) is 9.29 Å². The van der Waals surface area contributed by atoms with Gasteiger partial charge in [-0.3, -0.25) is 9.45 Å². The molecular formula is C13H27N3O5S. The van der Waals surface area contributed by atoms with Crippen LogP contribution in [0.4, 0.5) is 4.79 Å². The number of rotatable bonds is 1. The van der Waals surface area contributed by atoms with E-state index in [0.717, 1.165) is 39.3 Å². The van der Waals surface area contributed by atoms with Gasteiger partial charge in [-0.1, -0.05) is 0 Å². The Morgan fingerprint density at radius 2 is 1.68 bits per heavy atom. The van der Waals surface area contributed by atoms with E-state index in [0.29, 0.717) is 12.3 Å². The predicted molar refractivity (Wildman–Crippen MR) is 83.5 cm³/mol. The molecule has 9 heteroatoms. The number of carbonyl (C=O) groups is 1. The summed E-state index contributed by atoms with van der Waals surface area (Å²) in [5, 5.41) is 3.34. The maximum atomic E-state index is 11.7. The number of amides is 1. The Balaban J connectivity index is 0.000000422. The minimum Gasteiger partial charge on any atom is -0.444 e. The van der Waals surface area contributed by atoms with Gasteiger partial charge >= 0.3 is 6.09 Å². The van der Waals surface area contributed by atoms with Crippen LogP contribution >= 0.6 is 0 Å². The Hall–Kier alpha value is -0.900. The summed E-state index contributed by atoms with van der Waals surface area (Å²) >= 11 is 0. The van der Waals surface area contributed by atoms with Gasteiger partial charge in [0.15, 0.2) is 0 Å². The molecule has 0 saturated carbocycles. The monoisotopic (exact) mass is 337 g/mol. The smallest absolute Gasteiger partial charge is 0.410 e. The third-order valence-electron chi connectivity index (χ3n) is 3.18. The minimum atomic E-state index is -3.67. The van der Waals surface area contributed by atoms with Crippen LogP contribution in [-0.4, -0.2) is 86.0 Å².